The van der Waals surface area contributed by atoms with E-state index in [1.165, 1.54) is 37.1 Å². The van der Waals surface area contributed by atoms with Crippen LogP contribution in [0.25, 0.3) is 22.4 Å². The van der Waals surface area contributed by atoms with Crippen LogP contribution in [0.5, 0.6) is 5.88 Å². The number of imidazole rings is 1. The fourth-order valence-corrected chi connectivity index (χ4v) is 4.18. The van der Waals surface area contributed by atoms with Gasteiger partial charge in [-0.1, -0.05) is 6.07 Å². The number of pyridine rings is 1. The van der Waals surface area contributed by atoms with Gasteiger partial charge in [-0.3, -0.25) is 0 Å². The number of hydrogen-bond acceptors (Lipinski definition) is 5. The molecular weight excluding hydrogens is 350 g/mol. The maximum absolute atomic E-state index is 5.40. The number of aromatic nitrogens is 3. The Morgan fingerprint density at radius 1 is 1.29 bits per heavy atom. The van der Waals surface area contributed by atoms with Crippen molar-refractivity contribution in [1.29, 1.82) is 0 Å². The highest BCUT2D eigenvalue weighted by molar-refractivity contribution is 5.83. The molecule has 1 aliphatic rings. The number of fused-ring (bicyclic) bond motifs is 1. The van der Waals surface area contributed by atoms with Crippen molar-refractivity contribution < 1.29 is 4.74 Å². The zero-order valence-corrected chi connectivity index (χ0v) is 17.0. The Kier molecular flexibility index (Phi) is 5.59. The van der Waals surface area contributed by atoms with Crippen molar-refractivity contribution in [1.82, 2.24) is 25.2 Å². The van der Waals surface area contributed by atoms with E-state index >= 15 is 0 Å². The highest BCUT2D eigenvalue weighted by Crippen LogP contribution is 2.33. The van der Waals surface area contributed by atoms with Crippen molar-refractivity contribution in [2.75, 3.05) is 40.3 Å². The molecular formula is C22H29N5O. The maximum Gasteiger partial charge on any atom is 0.224 e. The topological polar surface area (TPSA) is 66.1 Å². The molecule has 3 heterocycles. The number of likely N-dealkylation sites (tertiary alicyclic amines) is 1. The summed E-state index contributed by atoms with van der Waals surface area (Å²) in [6.07, 6.45) is 4.16. The second-order valence-corrected chi connectivity index (χ2v) is 7.60. The van der Waals surface area contributed by atoms with Gasteiger partial charge in [0.2, 0.25) is 5.88 Å². The first-order chi connectivity index (χ1) is 13.7. The summed E-state index contributed by atoms with van der Waals surface area (Å²) >= 11 is 0. The van der Waals surface area contributed by atoms with Crippen LogP contribution in [0, 0.1) is 6.92 Å². The average molecular weight is 380 g/mol. The van der Waals surface area contributed by atoms with E-state index in [1.54, 1.807) is 13.3 Å². The molecule has 6 heteroatoms. The summed E-state index contributed by atoms with van der Waals surface area (Å²) in [6, 6.07) is 8.50. The normalized spacial score (nSPS) is 16.0. The molecule has 1 aromatic carbocycles. The fourth-order valence-electron chi connectivity index (χ4n) is 4.18. The molecule has 0 aliphatic carbocycles. The number of H-pyrrole nitrogens is 1. The van der Waals surface area contributed by atoms with Crippen LogP contribution in [0.2, 0.25) is 0 Å². The molecule has 1 aliphatic heterocycles. The smallest absolute Gasteiger partial charge is 0.224 e. The van der Waals surface area contributed by atoms with Crippen molar-refractivity contribution in [3.63, 3.8) is 0 Å². The first-order valence-electron chi connectivity index (χ1n) is 10.1. The van der Waals surface area contributed by atoms with Crippen LogP contribution < -0.4 is 10.1 Å². The summed E-state index contributed by atoms with van der Waals surface area (Å²) in [5.74, 6) is 2.02. The largest absolute Gasteiger partial charge is 0.480 e. The number of methoxy groups -OCH3 is 1. The van der Waals surface area contributed by atoms with Crippen molar-refractivity contribution in [3.8, 4) is 17.3 Å². The standard InChI is InChI=1S/C22H29N5O/c1-15-13-17(16-6-10-27(11-7-16)12-9-23-2)14-19-20(15)26-21(25-19)18-5-4-8-24-22(18)28-3/h4-5,8,13-14,16,23H,6-7,9-12H2,1-3H3,(H,25,26). The molecule has 1 saturated heterocycles. The minimum absolute atomic E-state index is 0.591. The maximum atomic E-state index is 5.40. The Bertz CT molecular complexity index is 943. The zero-order chi connectivity index (χ0) is 19.5. The number of aryl methyl sites for hydroxylation is 1. The molecule has 0 atom stereocenters. The Morgan fingerprint density at radius 2 is 2.11 bits per heavy atom. The van der Waals surface area contributed by atoms with Gasteiger partial charge in [0.05, 0.1) is 23.7 Å². The number of nitrogens with zero attached hydrogens (tertiary/aromatic N) is 3. The Morgan fingerprint density at radius 3 is 2.86 bits per heavy atom. The predicted octanol–water partition coefficient (Wildman–Crippen LogP) is 3.34. The van der Waals surface area contributed by atoms with Gasteiger partial charge in [0.15, 0.2) is 0 Å². The molecule has 4 rings (SSSR count). The molecule has 0 saturated carbocycles. The zero-order valence-electron chi connectivity index (χ0n) is 17.0. The molecule has 0 unspecified atom stereocenters. The fraction of sp³-hybridized carbons (Fsp3) is 0.455. The van der Waals surface area contributed by atoms with E-state index in [9.17, 15) is 0 Å². The first-order valence-corrected chi connectivity index (χ1v) is 10.1. The van der Waals surface area contributed by atoms with Gasteiger partial charge in [-0.2, -0.15) is 0 Å². The predicted molar refractivity (Wildman–Crippen MR) is 113 cm³/mol. The van der Waals surface area contributed by atoms with E-state index in [2.05, 4.69) is 39.2 Å². The van der Waals surface area contributed by atoms with Crippen LogP contribution in [0.3, 0.4) is 0 Å². The Labute approximate surface area is 166 Å². The van der Waals surface area contributed by atoms with E-state index in [0.717, 1.165) is 35.5 Å². The minimum atomic E-state index is 0.591. The third-order valence-electron chi connectivity index (χ3n) is 5.76. The number of likely N-dealkylation sites (N-methyl/N-ethyl adjacent to an activating group) is 1. The Hall–Kier alpha value is -2.44. The molecule has 0 radical (unpaired) electrons. The number of nitrogens with one attached hydrogen (secondary N) is 2. The third kappa shape index (κ3) is 3.75. The van der Waals surface area contributed by atoms with Gasteiger partial charge >= 0.3 is 0 Å². The van der Waals surface area contributed by atoms with Crippen molar-refractivity contribution in [2.45, 2.75) is 25.7 Å². The van der Waals surface area contributed by atoms with Crippen LogP contribution in [0.1, 0.15) is 29.9 Å². The highest BCUT2D eigenvalue weighted by atomic mass is 16.5. The summed E-state index contributed by atoms with van der Waals surface area (Å²) in [7, 11) is 3.66. The summed E-state index contributed by atoms with van der Waals surface area (Å²) in [6.45, 7) is 6.69. The van der Waals surface area contributed by atoms with Gasteiger partial charge in [-0.05, 0) is 75.1 Å². The SMILES string of the molecule is CNCCN1CCC(c2cc(C)c3nc(-c4cccnc4OC)[nH]c3c2)CC1. The summed E-state index contributed by atoms with van der Waals surface area (Å²) < 4.78 is 5.40. The second kappa shape index (κ2) is 8.29. The average Bonchev–Trinajstić information content (AvgIpc) is 3.17. The van der Waals surface area contributed by atoms with E-state index in [-0.39, 0.29) is 0 Å². The van der Waals surface area contributed by atoms with Crippen LogP contribution in [0.4, 0.5) is 0 Å². The van der Waals surface area contributed by atoms with E-state index in [0.29, 0.717) is 11.8 Å². The molecule has 0 spiro atoms. The van der Waals surface area contributed by atoms with E-state index in [1.807, 2.05) is 19.2 Å². The lowest BCUT2D eigenvalue weighted by Gasteiger charge is -2.32. The van der Waals surface area contributed by atoms with Crippen molar-refractivity contribution in [3.05, 3.63) is 41.6 Å². The van der Waals surface area contributed by atoms with E-state index < -0.39 is 0 Å². The number of piperidine rings is 1. The molecule has 2 N–H and O–H groups in total. The number of hydrogen-bond donors (Lipinski definition) is 2. The molecule has 2 aromatic heterocycles. The second-order valence-electron chi connectivity index (χ2n) is 7.60. The van der Waals surface area contributed by atoms with Crippen LogP contribution in [-0.4, -0.2) is 60.2 Å². The van der Waals surface area contributed by atoms with Crippen LogP contribution in [0.15, 0.2) is 30.5 Å². The number of ether oxygens (including phenoxy) is 1. The van der Waals surface area contributed by atoms with Gasteiger partial charge in [0, 0.05) is 19.3 Å². The quantitative estimate of drug-likeness (QED) is 0.688. The van der Waals surface area contributed by atoms with Crippen molar-refractivity contribution in [2.24, 2.45) is 0 Å². The lowest BCUT2D eigenvalue weighted by molar-refractivity contribution is 0.214. The lowest BCUT2D eigenvalue weighted by atomic mass is 9.88. The highest BCUT2D eigenvalue weighted by Gasteiger charge is 2.22. The first kappa shape index (κ1) is 18.9. The molecule has 148 valence electrons. The monoisotopic (exact) mass is 379 g/mol. The minimum Gasteiger partial charge on any atom is -0.480 e. The Balaban J connectivity index is 1.59. The molecule has 6 nitrogen and oxygen atoms in total. The number of benzene rings is 1. The summed E-state index contributed by atoms with van der Waals surface area (Å²) in [4.78, 5) is 15.2. The van der Waals surface area contributed by atoms with Crippen molar-refractivity contribution >= 4 is 11.0 Å². The number of aromatic amines is 1. The van der Waals surface area contributed by atoms with Crippen LogP contribution >= 0.6 is 0 Å². The third-order valence-corrected chi connectivity index (χ3v) is 5.76. The molecule has 28 heavy (non-hydrogen) atoms. The lowest BCUT2D eigenvalue weighted by Crippen LogP contribution is -2.37. The number of rotatable bonds is 6. The van der Waals surface area contributed by atoms with Gasteiger partial charge in [0.25, 0.3) is 0 Å². The molecule has 0 bridgehead atoms. The molecule has 0 amide bonds. The van der Waals surface area contributed by atoms with Gasteiger partial charge in [0.1, 0.15) is 5.82 Å². The molecule has 3 aromatic rings. The molecule has 1 fully saturated rings. The van der Waals surface area contributed by atoms with E-state index in [4.69, 9.17) is 9.72 Å². The van der Waals surface area contributed by atoms with Crippen LogP contribution in [-0.2, 0) is 0 Å². The van der Waals surface area contributed by atoms with Gasteiger partial charge < -0.3 is 19.9 Å². The van der Waals surface area contributed by atoms with Gasteiger partial charge in [-0.25, -0.2) is 9.97 Å². The summed E-state index contributed by atoms with van der Waals surface area (Å²) in [5.41, 5.74) is 5.65. The van der Waals surface area contributed by atoms with Gasteiger partial charge in [-0.15, -0.1) is 0 Å². The summed E-state index contributed by atoms with van der Waals surface area (Å²) in [5, 5.41) is 3.24.